The smallest absolute Gasteiger partial charge is 0.0475 e. The summed E-state index contributed by atoms with van der Waals surface area (Å²) in [6.07, 6.45) is 0. The second-order valence-corrected chi connectivity index (χ2v) is 2.54. The first-order valence-corrected chi connectivity index (χ1v) is 3.31. The van der Waals surface area contributed by atoms with E-state index in [0.717, 1.165) is 13.1 Å². The van der Waals surface area contributed by atoms with Gasteiger partial charge in [0.25, 0.3) is 0 Å². The quantitative estimate of drug-likeness (QED) is 0.441. The van der Waals surface area contributed by atoms with E-state index in [9.17, 15) is 0 Å². The maximum atomic E-state index is 8.72. The van der Waals surface area contributed by atoms with Crippen LogP contribution in [0, 0.1) is 11.8 Å². The van der Waals surface area contributed by atoms with Crippen LogP contribution in [-0.2, 0) is 0 Å². The van der Waals surface area contributed by atoms with Gasteiger partial charge in [-0.3, -0.25) is 0 Å². The highest BCUT2D eigenvalue weighted by atomic mass is 16.3. The molecule has 0 bridgehead atoms. The van der Waals surface area contributed by atoms with Gasteiger partial charge in [-0.1, -0.05) is 0 Å². The van der Waals surface area contributed by atoms with Gasteiger partial charge < -0.3 is 15.5 Å². The molecule has 1 fully saturated rings. The van der Waals surface area contributed by atoms with Gasteiger partial charge in [-0.05, 0) is 0 Å². The minimum Gasteiger partial charge on any atom is -0.396 e. The Balaban J connectivity index is 2.32. The van der Waals surface area contributed by atoms with E-state index < -0.39 is 0 Å². The van der Waals surface area contributed by atoms with E-state index in [4.69, 9.17) is 10.2 Å². The molecule has 3 N–H and O–H groups in total. The molecule has 0 spiro atoms. The fourth-order valence-electron chi connectivity index (χ4n) is 1.21. The predicted molar refractivity (Wildman–Crippen MR) is 34.0 cm³/mol. The summed E-state index contributed by atoms with van der Waals surface area (Å²) in [7, 11) is 0. The van der Waals surface area contributed by atoms with Gasteiger partial charge in [-0.15, -0.1) is 0 Å². The number of nitrogens with one attached hydrogen (secondary N) is 1. The third-order valence-electron chi connectivity index (χ3n) is 1.95. The Kier molecular flexibility index (Phi) is 2.45. The number of hydrogen-bond acceptors (Lipinski definition) is 3. The van der Waals surface area contributed by atoms with Gasteiger partial charge in [0.15, 0.2) is 0 Å². The molecular formula is C6H13NO2. The predicted octanol–water partition coefficient (Wildman–Crippen LogP) is -1.19. The molecule has 0 aromatic rings. The van der Waals surface area contributed by atoms with Crippen molar-refractivity contribution in [3.63, 3.8) is 0 Å². The topological polar surface area (TPSA) is 52.5 Å². The summed E-state index contributed by atoms with van der Waals surface area (Å²) in [6.45, 7) is 2.08. The second-order valence-electron chi connectivity index (χ2n) is 2.54. The fraction of sp³-hybridized carbons (Fsp3) is 1.00. The first kappa shape index (κ1) is 6.99. The zero-order chi connectivity index (χ0) is 6.69. The summed E-state index contributed by atoms with van der Waals surface area (Å²) in [6, 6.07) is 0. The molecule has 0 amide bonds. The molecule has 0 radical (unpaired) electrons. The van der Waals surface area contributed by atoms with Crippen LogP contribution in [0.5, 0.6) is 0 Å². The molecule has 3 nitrogen and oxygen atoms in total. The van der Waals surface area contributed by atoms with Crippen molar-refractivity contribution in [1.82, 2.24) is 5.32 Å². The highest BCUT2D eigenvalue weighted by Gasteiger charge is 2.24. The third-order valence-corrected chi connectivity index (χ3v) is 1.95. The van der Waals surface area contributed by atoms with Gasteiger partial charge in [-0.2, -0.15) is 0 Å². The summed E-state index contributed by atoms with van der Waals surface area (Å²) in [4.78, 5) is 0. The Labute approximate surface area is 54.7 Å². The van der Waals surface area contributed by atoms with Crippen LogP contribution >= 0.6 is 0 Å². The van der Waals surface area contributed by atoms with Gasteiger partial charge in [0.2, 0.25) is 0 Å². The van der Waals surface area contributed by atoms with Crippen LogP contribution in [0.3, 0.4) is 0 Å². The van der Waals surface area contributed by atoms with Crippen molar-refractivity contribution in [2.75, 3.05) is 26.3 Å². The van der Waals surface area contributed by atoms with Crippen molar-refractivity contribution in [2.45, 2.75) is 0 Å². The standard InChI is InChI=1S/C6H13NO2/c8-3-5-1-7-2-6(5)4-9/h5-9H,1-4H2/t5-,6-/m1/s1. The van der Waals surface area contributed by atoms with Gasteiger partial charge >= 0.3 is 0 Å². The number of hydrogen-bond donors (Lipinski definition) is 3. The van der Waals surface area contributed by atoms with E-state index in [0.29, 0.717) is 0 Å². The van der Waals surface area contributed by atoms with E-state index >= 15 is 0 Å². The van der Waals surface area contributed by atoms with Gasteiger partial charge in [0.1, 0.15) is 0 Å². The number of rotatable bonds is 2. The van der Waals surface area contributed by atoms with Crippen LogP contribution < -0.4 is 5.32 Å². The van der Waals surface area contributed by atoms with E-state index in [2.05, 4.69) is 5.32 Å². The van der Waals surface area contributed by atoms with Crippen LogP contribution in [0.1, 0.15) is 0 Å². The van der Waals surface area contributed by atoms with Gasteiger partial charge in [0.05, 0.1) is 0 Å². The average molecular weight is 131 g/mol. The van der Waals surface area contributed by atoms with Crippen molar-refractivity contribution >= 4 is 0 Å². The maximum Gasteiger partial charge on any atom is 0.0475 e. The SMILES string of the molecule is OC[C@H]1CNC[C@@H]1CO. The molecule has 9 heavy (non-hydrogen) atoms. The second kappa shape index (κ2) is 3.15. The first-order chi connectivity index (χ1) is 4.38. The molecule has 1 aliphatic rings. The molecule has 1 saturated heterocycles. The van der Waals surface area contributed by atoms with Crippen molar-refractivity contribution in [3.8, 4) is 0 Å². The summed E-state index contributed by atoms with van der Waals surface area (Å²) < 4.78 is 0. The average Bonchev–Trinajstić information content (AvgIpc) is 2.33. The molecule has 0 aromatic heterocycles. The molecule has 54 valence electrons. The minimum atomic E-state index is 0.193. The lowest BCUT2D eigenvalue weighted by atomic mass is 9.98. The highest BCUT2D eigenvalue weighted by Crippen LogP contribution is 2.14. The van der Waals surface area contributed by atoms with E-state index in [-0.39, 0.29) is 25.0 Å². The van der Waals surface area contributed by atoms with Crippen LogP contribution in [0.2, 0.25) is 0 Å². The minimum absolute atomic E-state index is 0.193. The van der Waals surface area contributed by atoms with Crippen LogP contribution in [0.15, 0.2) is 0 Å². The van der Waals surface area contributed by atoms with Crippen LogP contribution in [-0.4, -0.2) is 36.5 Å². The first-order valence-electron chi connectivity index (χ1n) is 3.31. The Hall–Kier alpha value is -0.120. The summed E-state index contributed by atoms with van der Waals surface area (Å²) in [5.41, 5.74) is 0. The van der Waals surface area contributed by atoms with Crippen molar-refractivity contribution in [2.24, 2.45) is 11.8 Å². The maximum absolute atomic E-state index is 8.72. The molecule has 0 aliphatic carbocycles. The van der Waals surface area contributed by atoms with Gasteiger partial charge in [0, 0.05) is 38.1 Å². The molecular weight excluding hydrogens is 118 g/mol. The molecule has 1 heterocycles. The zero-order valence-corrected chi connectivity index (χ0v) is 5.38. The summed E-state index contributed by atoms with van der Waals surface area (Å²) >= 11 is 0. The highest BCUT2D eigenvalue weighted by molar-refractivity contribution is 4.79. The lowest BCUT2D eigenvalue weighted by Gasteiger charge is -2.11. The third kappa shape index (κ3) is 1.41. The number of aliphatic hydroxyl groups is 2. The zero-order valence-electron chi connectivity index (χ0n) is 5.38. The molecule has 2 atom stereocenters. The molecule has 0 saturated carbocycles. The Morgan fingerprint density at radius 2 is 1.56 bits per heavy atom. The van der Waals surface area contributed by atoms with Crippen molar-refractivity contribution < 1.29 is 10.2 Å². The summed E-state index contributed by atoms with van der Waals surface area (Å²) in [5.74, 6) is 0.546. The van der Waals surface area contributed by atoms with E-state index in [1.54, 1.807) is 0 Å². The number of aliphatic hydroxyl groups excluding tert-OH is 2. The Morgan fingerprint density at radius 3 is 1.89 bits per heavy atom. The fourth-order valence-corrected chi connectivity index (χ4v) is 1.21. The largest absolute Gasteiger partial charge is 0.396 e. The normalized spacial score (nSPS) is 35.3. The van der Waals surface area contributed by atoms with Gasteiger partial charge in [-0.25, -0.2) is 0 Å². The Bertz CT molecular complexity index is 77.1. The van der Waals surface area contributed by atoms with Crippen molar-refractivity contribution in [1.29, 1.82) is 0 Å². The molecule has 0 unspecified atom stereocenters. The van der Waals surface area contributed by atoms with Crippen molar-refractivity contribution in [3.05, 3.63) is 0 Å². The molecule has 3 heteroatoms. The lowest BCUT2D eigenvalue weighted by molar-refractivity contribution is 0.152. The van der Waals surface area contributed by atoms with E-state index in [1.807, 2.05) is 0 Å². The molecule has 1 rings (SSSR count). The summed E-state index contributed by atoms with van der Waals surface area (Å²) in [5, 5.41) is 20.5. The van der Waals surface area contributed by atoms with E-state index in [1.165, 1.54) is 0 Å². The molecule has 1 aliphatic heterocycles. The molecule has 0 aromatic carbocycles. The van der Waals surface area contributed by atoms with Crippen LogP contribution in [0.4, 0.5) is 0 Å². The van der Waals surface area contributed by atoms with Crippen LogP contribution in [0.25, 0.3) is 0 Å². The Morgan fingerprint density at radius 1 is 1.11 bits per heavy atom. The monoisotopic (exact) mass is 131 g/mol. The lowest BCUT2D eigenvalue weighted by Crippen LogP contribution is -2.19.